The highest BCUT2D eigenvalue weighted by molar-refractivity contribution is 6.52. The van der Waals surface area contributed by atoms with Crippen LogP contribution >= 0.6 is 0 Å². The van der Waals surface area contributed by atoms with Gasteiger partial charge in [0.05, 0.1) is 17.8 Å². The molecule has 0 unspecified atom stereocenters. The first-order valence-electron chi connectivity index (χ1n) is 6.96. The molecule has 1 aromatic rings. The molecule has 110 valence electrons. The molecule has 21 heavy (non-hydrogen) atoms. The smallest absolute Gasteiger partial charge is 0.294 e. The first kappa shape index (κ1) is 13.5. The first-order valence-corrected chi connectivity index (χ1v) is 6.96. The third kappa shape index (κ3) is 2.14. The van der Waals surface area contributed by atoms with Gasteiger partial charge in [0.1, 0.15) is 0 Å². The predicted octanol–water partition coefficient (Wildman–Crippen LogP) is 1.04. The Bertz CT molecular complexity index is 763. The van der Waals surface area contributed by atoms with Gasteiger partial charge < -0.3 is 11.1 Å². The van der Waals surface area contributed by atoms with Gasteiger partial charge in [-0.2, -0.15) is 0 Å². The van der Waals surface area contributed by atoms with Gasteiger partial charge in [0.25, 0.3) is 5.56 Å². The number of nitrogen functional groups attached to an aromatic ring is 1. The molecule has 0 saturated heterocycles. The number of nitrogens with two attached hydrogens (primary N) is 1. The van der Waals surface area contributed by atoms with Crippen molar-refractivity contribution in [2.75, 3.05) is 5.73 Å². The zero-order chi connectivity index (χ0) is 15.1. The molecule has 1 aliphatic carbocycles. The summed E-state index contributed by atoms with van der Waals surface area (Å²) in [7, 11) is 0. The number of hydrogen-bond donors (Lipinski definition) is 2. The lowest BCUT2D eigenvalue weighted by Gasteiger charge is -2.17. The number of allylic oxidation sites excluding steroid dienone is 2. The highest BCUT2D eigenvalue weighted by Crippen LogP contribution is 2.24. The van der Waals surface area contributed by atoms with E-state index in [4.69, 9.17) is 11.1 Å². The van der Waals surface area contributed by atoms with Gasteiger partial charge in [-0.25, -0.2) is 9.67 Å². The zero-order valence-corrected chi connectivity index (χ0v) is 11.8. The number of anilines is 1. The second-order valence-corrected chi connectivity index (χ2v) is 5.40. The van der Waals surface area contributed by atoms with Crippen LogP contribution in [0.1, 0.15) is 26.2 Å². The molecule has 0 aromatic carbocycles. The number of hydrogen-bond acceptors (Lipinski definition) is 5. The van der Waals surface area contributed by atoms with Crippen molar-refractivity contribution in [2.24, 2.45) is 4.99 Å². The second-order valence-electron chi connectivity index (χ2n) is 5.40. The Morgan fingerprint density at radius 2 is 1.90 bits per heavy atom. The molecule has 0 radical (unpaired) electrons. The molecular weight excluding hydrogens is 270 g/mol. The quantitative estimate of drug-likeness (QED) is 0.805. The third-order valence-corrected chi connectivity index (χ3v) is 3.85. The summed E-state index contributed by atoms with van der Waals surface area (Å²) in [5, 5.41) is 7.91. The molecule has 2 heterocycles. The summed E-state index contributed by atoms with van der Waals surface area (Å²) in [4.78, 5) is 28.1. The van der Waals surface area contributed by atoms with E-state index in [9.17, 15) is 9.59 Å². The van der Waals surface area contributed by atoms with E-state index < -0.39 is 0 Å². The van der Waals surface area contributed by atoms with Crippen molar-refractivity contribution in [3.63, 3.8) is 0 Å². The maximum Gasteiger partial charge on any atom is 0.294 e. The topological polar surface area (TPSA) is 106 Å². The van der Waals surface area contributed by atoms with E-state index in [1.54, 1.807) is 16.3 Å². The molecule has 0 atom stereocenters. The average molecular weight is 287 g/mol. The van der Waals surface area contributed by atoms with Crippen LogP contribution in [0.4, 0.5) is 11.5 Å². The van der Waals surface area contributed by atoms with Crippen LogP contribution in [0.25, 0.3) is 0 Å². The monoisotopic (exact) mass is 287 g/mol. The van der Waals surface area contributed by atoms with Crippen molar-refractivity contribution in [1.29, 1.82) is 5.41 Å². The fraction of sp³-hybridized carbons (Fsp3) is 0.429. The van der Waals surface area contributed by atoms with Crippen LogP contribution < -0.4 is 11.3 Å². The Balaban J connectivity index is 2.14. The van der Waals surface area contributed by atoms with E-state index in [1.807, 2.05) is 0 Å². The van der Waals surface area contributed by atoms with Crippen molar-refractivity contribution in [1.82, 2.24) is 9.36 Å². The number of carbonyl (C=O) groups is 1. The lowest BCUT2D eigenvalue weighted by molar-refractivity contribution is -0.113. The number of nitrogens with zero attached hydrogens (tertiary/aromatic N) is 3. The molecule has 0 spiro atoms. The number of nitrogens with one attached hydrogen (secondary N) is 1. The lowest BCUT2D eigenvalue weighted by atomic mass is 9.95. The van der Waals surface area contributed by atoms with E-state index in [-0.39, 0.29) is 29.2 Å². The van der Waals surface area contributed by atoms with Crippen molar-refractivity contribution < 1.29 is 4.79 Å². The molecule has 2 aliphatic rings. The summed E-state index contributed by atoms with van der Waals surface area (Å²) in [6, 6.07) is 0. The average Bonchev–Trinajstić information content (AvgIpc) is 2.67. The molecule has 7 nitrogen and oxygen atoms in total. The van der Waals surface area contributed by atoms with E-state index in [1.165, 1.54) is 6.08 Å². The Hall–Kier alpha value is -2.44. The SMILES string of the molecule is CC1=CC(=O)CC(=N)C1=Nc1c(N)n2n(c1=O)CCCC2. The van der Waals surface area contributed by atoms with Gasteiger partial charge >= 0.3 is 0 Å². The number of ketones is 1. The summed E-state index contributed by atoms with van der Waals surface area (Å²) in [5.41, 5.74) is 7.10. The highest BCUT2D eigenvalue weighted by Gasteiger charge is 2.24. The van der Waals surface area contributed by atoms with Gasteiger partial charge in [-0.1, -0.05) is 0 Å². The highest BCUT2D eigenvalue weighted by atomic mass is 16.1. The number of aromatic nitrogens is 2. The molecule has 0 fully saturated rings. The predicted molar refractivity (Wildman–Crippen MR) is 80.5 cm³/mol. The summed E-state index contributed by atoms with van der Waals surface area (Å²) < 4.78 is 3.36. The van der Waals surface area contributed by atoms with Gasteiger partial charge in [0.15, 0.2) is 17.3 Å². The van der Waals surface area contributed by atoms with Crippen molar-refractivity contribution in [3.8, 4) is 0 Å². The van der Waals surface area contributed by atoms with Crippen LogP contribution in [-0.4, -0.2) is 26.6 Å². The fourth-order valence-electron chi connectivity index (χ4n) is 2.81. The van der Waals surface area contributed by atoms with Crippen LogP contribution in [0.15, 0.2) is 21.4 Å². The molecule has 0 saturated carbocycles. The molecule has 0 amide bonds. The molecular formula is C14H17N5O2. The van der Waals surface area contributed by atoms with Gasteiger partial charge in [0, 0.05) is 13.1 Å². The first-order chi connectivity index (χ1) is 9.99. The summed E-state index contributed by atoms with van der Waals surface area (Å²) >= 11 is 0. The molecule has 0 bridgehead atoms. The normalized spacial score (nSPS) is 20.6. The lowest BCUT2D eigenvalue weighted by Crippen LogP contribution is -2.27. The van der Waals surface area contributed by atoms with Crippen molar-refractivity contribution >= 4 is 28.7 Å². The van der Waals surface area contributed by atoms with Crippen molar-refractivity contribution in [3.05, 3.63) is 22.0 Å². The number of aliphatic imine (C=N–C) groups is 1. The van der Waals surface area contributed by atoms with Gasteiger partial charge in [0.2, 0.25) is 0 Å². The number of carbonyl (C=O) groups excluding carboxylic acids is 1. The molecule has 1 aliphatic heterocycles. The Morgan fingerprint density at radius 1 is 1.24 bits per heavy atom. The fourth-order valence-corrected chi connectivity index (χ4v) is 2.81. The van der Waals surface area contributed by atoms with E-state index in [0.717, 1.165) is 12.8 Å². The van der Waals surface area contributed by atoms with Crippen LogP contribution in [0.2, 0.25) is 0 Å². The molecule has 7 heteroatoms. The van der Waals surface area contributed by atoms with E-state index in [2.05, 4.69) is 4.99 Å². The van der Waals surface area contributed by atoms with Crippen LogP contribution in [0, 0.1) is 5.41 Å². The standard InChI is InChI=1S/C14H17N5O2/c1-8-6-9(20)7-10(15)11(8)17-12-13(16)18-4-2-3-5-19(18)14(12)21/h6,15H,2-5,7,16H2,1H3. The van der Waals surface area contributed by atoms with E-state index >= 15 is 0 Å². The maximum absolute atomic E-state index is 12.4. The van der Waals surface area contributed by atoms with Gasteiger partial charge in [-0.3, -0.25) is 14.3 Å². The Morgan fingerprint density at radius 3 is 2.52 bits per heavy atom. The summed E-state index contributed by atoms with van der Waals surface area (Å²) in [5.74, 6) is 0.224. The molecule has 1 aromatic heterocycles. The molecule has 3 N–H and O–H groups in total. The third-order valence-electron chi connectivity index (χ3n) is 3.85. The Kier molecular flexibility index (Phi) is 3.12. The largest absolute Gasteiger partial charge is 0.382 e. The van der Waals surface area contributed by atoms with Gasteiger partial charge in [-0.05, 0) is 31.4 Å². The maximum atomic E-state index is 12.4. The number of fused-ring (bicyclic) bond motifs is 1. The van der Waals surface area contributed by atoms with Crippen molar-refractivity contribution in [2.45, 2.75) is 39.3 Å². The van der Waals surface area contributed by atoms with Gasteiger partial charge in [-0.15, -0.1) is 0 Å². The summed E-state index contributed by atoms with van der Waals surface area (Å²) in [6.45, 7) is 3.06. The second kappa shape index (κ2) is 4.83. The zero-order valence-electron chi connectivity index (χ0n) is 11.8. The Labute approximate surface area is 121 Å². The molecule has 3 rings (SSSR count). The van der Waals surface area contributed by atoms with E-state index in [0.29, 0.717) is 30.2 Å². The van der Waals surface area contributed by atoms with Crippen LogP contribution in [-0.2, 0) is 17.9 Å². The van der Waals surface area contributed by atoms with Crippen LogP contribution in [0.3, 0.4) is 0 Å². The minimum Gasteiger partial charge on any atom is -0.382 e. The minimum absolute atomic E-state index is 0.0188. The minimum atomic E-state index is -0.225. The number of rotatable bonds is 1. The van der Waals surface area contributed by atoms with Crippen LogP contribution in [0.5, 0.6) is 0 Å². The summed E-state index contributed by atoms with van der Waals surface area (Å²) in [6.07, 6.45) is 3.41.